The van der Waals surface area contributed by atoms with Crippen molar-refractivity contribution in [2.24, 2.45) is 0 Å². The van der Waals surface area contributed by atoms with Crippen LogP contribution in [0.4, 0.5) is 31.0 Å². The summed E-state index contributed by atoms with van der Waals surface area (Å²) in [6, 6.07) is 9.59. The molecule has 2 fully saturated rings. The SMILES string of the molecule is O=C1COCCN1c1ccc(NC(=O)N2CCCN2C(=O)Nc2ccc(Cl)cc2)c(F)c1. The molecule has 2 saturated heterocycles. The number of rotatable bonds is 3. The lowest BCUT2D eigenvalue weighted by Crippen LogP contribution is -2.48. The second-order valence-corrected chi connectivity index (χ2v) is 7.67. The molecule has 2 aliphatic heterocycles. The molecule has 2 aromatic carbocycles. The first kappa shape index (κ1) is 21.8. The number of hydrogen-bond donors (Lipinski definition) is 2. The zero-order chi connectivity index (χ0) is 22.7. The van der Waals surface area contributed by atoms with Gasteiger partial charge in [0.1, 0.15) is 12.4 Å². The first-order chi connectivity index (χ1) is 15.4. The fourth-order valence-corrected chi connectivity index (χ4v) is 3.63. The zero-order valence-corrected chi connectivity index (χ0v) is 17.8. The first-order valence-corrected chi connectivity index (χ1v) is 10.4. The number of anilines is 3. The lowest BCUT2D eigenvalue weighted by Gasteiger charge is -2.28. The van der Waals surface area contributed by atoms with E-state index in [0.717, 1.165) is 0 Å². The van der Waals surface area contributed by atoms with E-state index in [1.54, 1.807) is 30.3 Å². The van der Waals surface area contributed by atoms with Gasteiger partial charge in [-0.25, -0.2) is 24.0 Å². The van der Waals surface area contributed by atoms with Crippen LogP contribution in [0.3, 0.4) is 0 Å². The Balaban J connectivity index is 1.41. The van der Waals surface area contributed by atoms with Crippen LogP contribution in [0, 0.1) is 5.82 Å². The Labute approximate surface area is 188 Å². The third-order valence-corrected chi connectivity index (χ3v) is 5.34. The van der Waals surface area contributed by atoms with Gasteiger partial charge in [-0.3, -0.25) is 4.79 Å². The summed E-state index contributed by atoms with van der Waals surface area (Å²) in [4.78, 5) is 38.7. The number of morpholine rings is 1. The molecule has 168 valence electrons. The quantitative estimate of drug-likeness (QED) is 0.731. The average Bonchev–Trinajstić information content (AvgIpc) is 3.27. The minimum Gasteiger partial charge on any atom is -0.370 e. The highest BCUT2D eigenvalue weighted by molar-refractivity contribution is 6.30. The molecular weight excluding hydrogens is 441 g/mol. The van der Waals surface area contributed by atoms with Crippen LogP contribution < -0.4 is 15.5 Å². The Hall–Kier alpha value is -3.37. The second kappa shape index (κ2) is 9.41. The summed E-state index contributed by atoms with van der Waals surface area (Å²) in [5.74, 6) is -0.946. The predicted octanol–water partition coefficient (Wildman–Crippen LogP) is 3.53. The summed E-state index contributed by atoms with van der Waals surface area (Å²) in [7, 11) is 0. The maximum atomic E-state index is 14.6. The molecule has 11 heteroatoms. The highest BCUT2D eigenvalue weighted by atomic mass is 35.5. The topological polar surface area (TPSA) is 94.2 Å². The molecule has 0 radical (unpaired) electrons. The van der Waals surface area contributed by atoms with Crippen LogP contribution in [0.25, 0.3) is 0 Å². The van der Waals surface area contributed by atoms with Crippen molar-refractivity contribution in [2.75, 3.05) is 48.4 Å². The molecule has 9 nitrogen and oxygen atoms in total. The molecule has 0 saturated carbocycles. The van der Waals surface area contributed by atoms with Crippen molar-refractivity contribution < 1.29 is 23.5 Å². The van der Waals surface area contributed by atoms with Gasteiger partial charge in [0.2, 0.25) is 0 Å². The molecule has 0 unspecified atom stereocenters. The fourth-order valence-electron chi connectivity index (χ4n) is 3.50. The van der Waals surface area contributed by atoms with Gasteiger partial charge >= 0.3 is 12.1 Å². The van der Waals surface area contributed by atoms with Gasteiger partial charge in [-0.05, 0) is 48.9 Å². The number of carbonyl (C=O) groups excluding carboxylic acids is 3. The molecule has 32 heavy (non-hydrogen) atoms. The third-order valence-electron chi connectivity index (χ3n) is 5.09. The normalized spacial score (nSPS) is 16.3. The maximum absolute atomic E-state index is 14.6. The number of urea groups is 2. The van der Waals surface area contributed by atoms with Crippen molar-refractivity contribution >= 4 is 46.6 Å². The minimum atomic E-state index is -0.688. The van der Waals surface area contributed by atoms with E-state index in [0.29, 0.717) is 49.1 Å². The van der Waals surface area contributed by atoms with E-state index >= 15 is 0 Å². The van der Waals surface area contributed by atoms with Gasteiger partial charge in [-0.1, -0.05) is 11.6 Å². The van der Waals surface area contributed by atoms with Gasteiger partial charge in [-0.15, -0.1) is 0 Å². The van der Waals surface area contributed by atoms with Crippen LogP contribution in [0.1, 0.15) is 6.42 Å². The monoisotopic (exact) mass is 461 g/mol. The highest BCUT2D eigenvalue weighted by Crippen LogP contribution is 2.24. The maximum Gasteiger partial charge on any atom is 0.340 e. The van der Waals surface area contributed by atoms with E-state index in [9.17, 15) is 18.8 Å². The lowest BCUT2D eigenvalue weighted by atomic mass is 10.2. The van der Waals surface area contributed by atoms with Crippen molar-refractivity contribution in [2.45, 2.75) is 6.42 Å². The predicted molar refractivity (Wildman–Crippen MR) is 117 cm³/mol. The van der Waals surface area contributed by atoms with Gasteiger partial charge in [0.15, 0.2) is 0 Å². The van der Waals surface area contributed by atoms with E-state index in [1.807, 2.05) is 0 Å². The number of carbonyl (C=O) groups is 3. The molecule has 2 aliphatic rings. The van der Waals surface area contributed by atoms with Crippen LogP contribution in [-0.4, -0.2) is 60.8 Å². The van der Waals surface area contributed by atoms with Crippen LogP contribution in [0.15, 0.2) is 42.5 Å². The van der Waals surface area contributed by atoms with Crippen molar-refractivity contribution in [1.82, 2.24) is 10.0 Å². The molecule has 5 amide bonds. The van der Waals surface area contributed by atoms with Gasteiger partial charge in [0.05, 0.1) is 12.3 Å². The van der Waals surface area contributed by atoms with Gasteiger partial charge < -0.3 is 20.3 Å². The summed E-state index contributed by atoms with van der Waals surface area (Å²) < 4.78 is 19.7. The first-order valence-electron chi connectivity index (χ1n) is 10.0. The number of ether oxygens (including phenoxy) is 1. The summed E-state index contributed by atoms with van der Waals surface area (Å²) in [5, 5.41) is 8.23. The zero-order valence-electron chi connectivity index (χ0n) is 17.0. The van der Waals surface area contributed by atoms with E-state index in [2.05, 4.69) is 10.6 Å². The third kappa shape index (κ3) is 4.76. The highest BCUT2D eigenvalue weighted by Gasteiger charge is 2.31. The molecule has 2 N–H and O–H groups in total. The molecule has 2 aromatic rings. The smallest absolute Gasteiger partial charge is 0.340 e. The van der Waals surface area contributed by atoms with E-state index in [-0.39, 0.29) is 18.2 Å². The van der Waals surface area contributed by atoms with Crippen molar-refractivity contribution in [1.29, 1.82) is 0 Å². The Morgan fingerprint density at radius 1 is 0.969 bits per heavy atom. The van der Waals surface area contributed by atoms with Crippen LogP contribution in [0.5, 0.6) is 0 Å². The molecule has 0 bridgehead atoms. The number of amides is 5. The van der Waals surface area contributed by atoms with Crippen LogP contribution in [-0.2, 0) is 9.53 Å². The van der Waals surface area contributed by atoms with E-state index < -0.39 is 17.9 Å². The van der Waals surface area contributed by atoms with Crippen LogP contribution >= 0.6 is 11.6 Å². The summed E-state index contributed by atoms with van der Waals surface area (Å²) in [6.07, 6.45) is 0.585. The van der Waals surface area contributed by atoms with Gasteiger partial charge in [0, 0.05) is 36.0 Å². The Morgan fingerprint density at radius 3 is 2.31 bits per heavy atom. The number of benzene rings is 2. The number of halogens is 2. The Kier molecular flexibility index (Phi) is 6.42. The lowest BCUT2D eigenvalue weighted by molar-refractivity contribution is -0.125. The molecule has 0 spiro atoms. The summed E-state index contributed by atoms with van der Waals surface area (Å²) in [5.41, 5.74) is 0.870. The second-order valence-electron chi connectivity index (χ2n) is 7.23. The Morgan fingerprint density at radius 2 is 1.66 bits per heavy atom. The largest absolute Gasteiger partial charge is 0.370 e. The van der Waals surface area contributed by atoms with Gasteiger partial charge in [0.25, 0.3) is 5.91 Å². The molecule has 2 heterocycles. The average molecular weight is 462 g/mol. The number of nitrogens with zero attached hydrogens (tertiary/aromatic N) is 3. The Bertz CT molecular complexity index is 1040. The molecular formula is C21H21ClFN5O4. The number of hydrogen-bond acceptors (Lipinski definition) is 4. The summed E-state index contributed by atoms with van der Waals surface area (Å²) >= 11 is 5.85. The fraction of sp³-hybridized carbons (Fsp3) is 0.286. The molecule has 4 rings (SSSR count). The van der Waals surface area contributed by atoms with Crippen LogP contribution in [0.2, 0.25) is 5.02 Å². The van der Waals surface area contributed by atoms with Gasteiger partial charge in [-0.2, -0.15) is 0 Å². The molecule has 0 atom stereocenters. The molecule has 0 aromatic heterocycles. The van der Waals surface area contributed by atoms with E-state index in [4.69, 9.17) is 16.3 Å². The van der Waals surface area contributed by atoms with E-state index in [1.165, 1.54) is 27.1 Å². The van der Waals surface area contributed by atoms with Crippen molar-refractivity contribution in [3.63, 3.8) is 0 Å². The standard InChI is InChI=1S/C21H21ClFN5O4/c22-14-2-4-15(5-3-14)24-20(30)27-8-1-9-28(27)21(31)25-18-7-6-16(12-17(18)23)26-10-11-32-13-19(26)29/h2-7,12H,1,8-11,13H2,(H,24,30)(H,25,31). The number of nitrogens with one attached hydrogen (secondary N) is 2. The minimum absolute atomic E-state index is 0.0515. The molecule has 0 aliphatic carbocycles. The van der Waals surface area contributed by atoms with Crippen molar-refractivity contribution in [3.05, 3.63) is 53.3 Å². The van der Waals surface area contributed by atoms with Crippen molar-refractivity contribution in [3.8, 4) is 0 Å². The summed E-state index contributed by atoms with van der Waals surface area (Å²) in [6.45, 7) is 1.29. The number of hydrazine groups is 1.